The maximum Gasteiger partial charge on any atom is 0.216 e. The quantitative estimate of drug-likeness (QED) is 0.861. The van der Waals surface area contributed by atoms with E-state index in [2.05, 4.69) is 35.5 Å². The summed E-state index contributed by atoms with van der Waals surface area (Å²) in [4.78, 5) is 13.1. The first kappa shape index (κ1) is 12.0. The zero-order valence-corrected chi connectivity index (χ0v) is 10.6. The number of aryl methyl sites for hydroxylation is 1. The van der Waals surface area contributed by atoms with E-state index >= 15 is 0 Å². The highest BCUT2D eigenvalue weighted by atomic mass is 16.1. The van der Waals surface area contributed by atoms with Crippen molar-refractivity contribution < 1.29 is 4.79 Å². The molecule has 0 aromatic heterocycles. The van der Waals surface area contributed by atoms with Crippen molar-refractivity contribution in [1.82, 2.24) is 5.32 Å². The normalized spacial score (nSPS) is 14.4. The third-order valence-electron chi connectivity index (χ3n) is 3.28. The van der Waals surface area contributed by atoms with Crippen LogP contribution in [0.5, 0.6) is 0 Å². The van der Waals surface area contributed by atoms with Gasteiger partial charge in [0.15, 0.2) is 0 Å². The fraction of sp³-hybridized carbons (Fsp3) is 0.500. The average molecular weight is 232 g/mol. The van der Waals surface area contributed by atoms with E-state index in [0.717, 1.165) is 19.5 Å². The fourth-order valence-electron chi connectivity index (χ4n) is 2.38. The van der Waals surface area contributed by atoms with Crippen LogP contribution in [-0.4, -0.2) is 26.0 Å². The molecule has 0 unspecified atom stereocenters. The molecule has 0 bridgehead atoms. The van der Waals surface area contributed by atoms with Gasteiger partial charge in [-0.15, -0.1) is 0 Å². The van der Waals surface area contributed by atoms with Gasteiger partial charge in [-0.25, -0.2) is 0 Å². The van der Waals surface area contributed by atoms with Crippen LogP contribution in [0.3, 0.4) is 0 Å². The van der Waals surface area contributed by atoms with Gasteiger partial charge in [-0.1, -0.05) is 12.1 Å². The van der Waals surface area contributed by atoms with Crippen molar-refractivity contribution in [3.8, 4) is 0 Å². The number of benzene rings is 1. The van der Waals surface area contributed by atoms with Gasteiger partial charge < -0.3 is 10.2 Å². The molecule has 0 fully saturated rings. The lowest BCUT2D eigenvalue weighted by molar-refractivity contribution is -0.118. The molecule has 1 aliphatic rings. The van der Waals surface area contributed by atoms with Crippen LogP contribution in [0.25, 0.3) is 0 Å². The summed E-state index contributed by atoms with van der Waals surface area (Å²) in [5.74, 6) is 0.0442. The van der Waals surface area contributed by atoms with Crippen LogP contribution in [0.15, 0.2) is 18.2 Å². The van der Waals surface area contributed by atoms with Crippen molar-refractivity contribution in [3.63, 3.8) is 0 Å². The summed E-state index contributed by atoms with van der Waals surface area (Å²) >= 11 is 0. The Bertz CT molecular complexity index is 415. The maximum atomic E-state index is 10.8. The molecule has 1 aliphatic heterocycles. The first-order chi connectivity index (χ1) is 8.16. The lowest BCUT2D eigenvalue weighted by Crippen LogP contribution is -2.25. The zero-order chi connectivity index (χ0) is 12.3. The largest absolute Gasteiger partial charge is 0.374 e. The summed E-state index contributed by atoms with van der Waals surface area (Å²) < 4.78 is 0. The zero-order valence-electron chi connectivity index (χ0n) is 10.6. The molecule has 3 heteroatoms. The summed E-state index contributed by atoms with van der Waals surface area (Å²) in [6.45, 7) is 3.43. The molecular formula is C14H20N2O. The van der Waals surface area contributed by atoms with Crippen LogP contribution < -0.4 is 10.2 Å². The van der Waals surface area contributed by atoms with Crippen LogP contribution in [0.2, 0.25) is 0 Å². The molecule has 1 amide bonds. The van der Waals surface area contributed by atoms with E-state index in [1.165, 1.54) is 29.7 Å². The SMILES string of the molecule is CC(=O)NCCc1ccc2c(c1)CCCN2C. The van der Waals surface area contributed by atoms with Crippen LogP contribution in [0.1, 0.15) is 24.5 Å². The summed E-state index contributed by atoms with van der Waals surface area (Å²) in [5, 5.41) is 2.83. The number of hydrogen-bond donors (Lipinski definition) is 1. The number of fused-ring (bicyclic) bond motifs is 1. The molecule has 1 aromatic rings. The molecule has 0 radical (unpaired) electrons. The summed E-state index contributed by atoms with van der Waals surface area (Å²) in [6.07, 6.45) is 3.32. The van der Waals surface area contributed by atoms with Gasteiger partial charge in [-0.3, -0.25) is 4.79 Å². The number of nitrogens with zero attached hydrogens (tertiary/aromatic N) is 1. The third-order valence-corrected chi connectivity index (χ3v) is 3.28. The predicted octanol–water partition coefficient (Wildman–Crippen LogP) is 1.75. The Morgan fingerprint density at radius 3 is 3.06 bits per heavy atom. The highest BCUT2D eigenvalue weighted by Gasteiger charge is 2.13. The summed E-state index contributed by atoms with van der Waals surface area (Å²) in [6, 6.07) is 6.66. The van der Waals surface area contributed by atoms with Gasteiger partial charge in [-0.05, 0) is 36.5 Å². The summed E-state index contributed by atoms with van der Waals surface area (Å²) in [7, 11) is 2.15. The highest BCUT2D eigenvalue weighted by Crippen LogP contribution is 2.26. The standard InChI is InChI=1S/C14H20N2O/c1-11(17)15-8-7-12-5-6-14-13(10-12)4-3-9-16(14)2/h5-6,10H,3-4,7-9H2,1-2H3,(H,15,17). The van der Waals surface area contributed by atoms with Gasteiger partial charge in [0.2, 0.25) is 5.91 Å². The Labute approximate surface area is 103 Å². The molecule has 2 rings (SSSR count). The van der Waals surface area contributed by atoms with Crippen molar-refractivity contribution in [2.24, 2.45) is 0 Å². The molecule has 0 atom stereocenters. The van der Waals surface area contributed by atoms with E-state index in [1.807, 2.05) is 0 Å². The number of anilines is 1. The molecule has 0 spiro atoms. The van der Waals surface area contributed by atoms with Crippen LogP contribution >= 0.6 is 0 Å². The summed E-state index contributed by atoms with van der Waals surface area (Å²) in [5.41, 5.74) is 4.12. The van der Waals surface area contributed by atoms with Gasteiger partial charge in [0, 0.05) is 32.7 Å². The average Bonchev–Trinajstić information content (AvgIpc) is 2.29. The van der Waals surface area contributed by atoms with Crippen LogP contribution in [0.4, 0.5) is 5.69 Å². The molecule has 0 aliphatic carbocycles. The van der Waals surface area contributed by atoms with Crippen LogP contribution in [0, 0.1) is 0 Å². The Hall–Kier alpha value is -1.51. The molecule has 0 saturated heterocycles. The number of nitrogens with one attached hydrogen (secondary N) is 1. The Morgan fingerprint density at radius 2 is 2.29 bits per heavy atom. The first-order valence-electron chi connectivity index (χ1n) is 6.24. The Balaban J connectivity index is 2.03. The van der Waals surface area contributed by atoms with Gasteiger partial charge in [0.25, 0.3) is 0 Å². The van der Waals surface area contributed by atoms with E-state index in [-0.39, 0.29) is 5.91 Å². The van der Waals surface area contributed by atoms with E-state index in [9.17, 15) is 4.79 Å². The predicted molar refractivity (Wildman–Crippen MR) is 70.4 cm³/mol. The molecular weight excluding hydrogens is 212 g/mol. The molecule has 1 N–H and O–H groups in total. The highest BCUT2D eigenvalue weighted by molar-refractivity contribution is 5.72. The molecule has 3 nitrogen and oxygen atoms in total. The first-order valence-corrected chi connectivity index (χ1v) is 6.24. The number of carbonyl (C=O) groups excluding carboxylic acids is 1. The lowest BCUT2D eigenvalue weighted by Gasteiger charge is -2.27. The van der Waals surface area contributed by atoms with Crippen molar-refractivity contribution in [2.45, 2.75) is 26.2 Å². The lowest BCUT2D eigenvalue weighted by atomic mass is 9.98. The molecule has 17 heavy (non-hydrogen) atoms. The Morgan fingerprint density at radius 1 is 1.47 bits per heavy atom. The van der Waals surface area contributed by atoms with Crippen molar-refractivity contribution >= 4 is 11.6 Å². The van der Waals surface area contributed by atoms with Gasteiger partial charge in [0.05, 0.1) is 0 Å². The number of amides is 1. The molecule has 92 valence electrons. The molecule has 1 heterocycles. The van der Waals surface area contributed by atoms with Gasteiger partial charge >= 0.3 is 0 Å². The minimum absolute atomic E-state index is 0.0442. The number of hydrogen-bond acceptors (Lipinski definition) is 2. The van der Waals surface area contributed by atoms with Crippen molar-refractivity contribution in [1.29, 1.82) is 0 Å². The topological polar surface area (TPSA) is 32.3 Å². The maximum absolute atomic E-state index is 10.8. The van der Waals surface area contributed by atoms with Crippen molar-refractivity contribution in [3.05, 3.63) is 29.3 Å². The van der Waals surface area contributed by atoms with Crippen molar-refractivity contribution in [2.75, 3.05) is 25.0 Å². The van der Waals surface area contributed by atoms with E-state index in [0.29, 0.717) is 0 Å². The molecule has 1 aromatic carbocycles. The minimum atomic E-state index is 0.0442. The second-order valence-corrected chi connectivity index (χ2v) is 4.72. The Kier molecular flexibility index (Phi) is 3.67. The number of carbonyl (C=O) groups is 1. The second-order valence-electron chi connectivity index (χ2n) is 4.72. The monoisotopic (exact) mass is 232 g/mol. The third kappa shape index (κ3) is 2.99. The smallest absolute Gasteiger partial charge is 0.216 e. The molecule has 0 saturated carbocycles. The van der Waals surface area contributed by atoms with E-state index in [1.54, 1.807) is 6.92 Å². The number of rotatable bonds is 3. The second kappa shape index (κ2) is 5.21. The van der Waals surface area contributed by atoms with Crippen LogP contribution in [-0.2, 0) is 17.6 Å². The fourth-order valence-corrected chi connectivity index (χ4v) is 2.38. The van der Waals surface area contributed by atoms with Gasteiger partial charge in [-0.2, -0.15) is 0 Å². The van der Waals surface area contributed by atoms with E-state index in [4.69, 9.17) is 0 Å². The minimum Gasteiger partial charge on any atom is -0.374 e. The van der Waals surface area contributed by atoms with Gasteiger partial charge in [0.1, 0.15) is 0 Å². The van der Waals surface area contributed by atoms with E-state index < -0.39 is 0 Å².